The monoisotopic (exact) mass is 526 g/mol. The summed E-state index contributed by atoms with van der Waals surface area (Å²) < 4.78 is 44.8. The van der Waals surface area contributed by atoms with Gasteiger partial charge in [-0.15, -0.1) is 5.10 Å². The molecule has 200 valence electrons. The zero-order chi connectivity index (χ0) is 26.4. The molecule has 0 aliphatic carbocycles. The maximum absolute atomic E-state index is 15.0. The summed E-state index contributed by atoms with van der Waals surface area (Å²) >= 11 is 0. The van der Waals surface area contributed by atoms with E-state index in [1.54, 1.807) is 11.1 Å². The highest BCUT2D eigenvalue weighted by Crippen LogP contribution is 2.28. The number of cyclic esters (lactones) is 1. The van der Waals surface area contributed by atoms with Crippen molar-refractivity contribution in [2.75, 3.05) is 55.7 Å². The molecule has 0 bridgehead atoms. The van der Waals surface area contributed by atoms with Crippen LogP contribution in [0.4, 0.5) is 29.3 Å². The van der Waals surface area contributed by atoms with Crippen molar-refractivity contribution in [2.45, 2.75) is 19.1 Å². The first-order valence-corrected chi connectivity index (χ1v) is 11.4. The lowest BCUT2D eigenvalue weighted by Crippen LogP contribution is -2.39. The predicted molar refractivity (Wildman–Crippen MR) is 121 cm³/mol. The Bertz CT molecular complexity index is 1110. The van der Waals surface area contributed by atoms with Crippen LogP contribution in [0.2, 0.25) is 0 Å². The molecular weight excluding hydrogens is 501 g/mol. The largest absolute Gasteiger partial charge is 0.442 e. The van der Waals surface area contributed by atoms with Crippen LogP contribution >= 0.6 is 0 Å². The van der Waals surface area contributed by atoms with E-state index in [1.807, 2.05) is 5.32 Å². The minimum Gasteiger partial charge on any atom is -0.442 e. The first-order chi connectivity index (χ1) is 17.8. The Labute approximate surface area is 208 Å². The molecule has 37 heavy (non-hydrogen) atoms. The fourth-order valence-corrected chi connectivity index (χ4v) is 3.83. The number of anilines is 2. The number of amides is 3. The van der Waals surface area contributed by atoms with E-state index in [9.17, 15) is 23.2 Å². The molecule has 0 unspecified atom stereocenters. The highest BCUT2D eigenvalue weighted by Gasteiger charge is 2.33. The second-order valence-corrected chi connectivity index (χ2v) is 8.18. The maximum Gasteiger partial charge on any atom is 0.414 e. The van der Waals surface area contributed by atoms with Crippen molar-refractivity contribution in [3.63, 3.8) is 0 Å². The molecular formula is C21H25F3N8O5. The number of ether oxygens (including phenoxy) is 1. The number of hydroxylamine groups is 2. The summed E-state index contributed by atoms with van der Waals surface area (Å²) in [5, 5.41) is 16.2. The van der Waals surface area contributed by atoms with Gasteiger partial charge >= 0.3 is 12.5 Å². The summed E-state index contributed by atoms with van der Waals surface area (Å²) in [4.78, 5) is 44.1. The van der Waals surface area contributed by atoms with Crippen LogP contribution < -0.4 is 20.4 Å². The fraction of sp³-hybridized carbons (Fsp3) is 0.476. The number of nitrogens with zero attached hydrogens (tertiary/aromatic N) is 5. The van der Waals surface area contributed by atoms with Crippen molar-refractivity contribution in [3.05, 3.63) is 35.9 Å². The number of nitrogens with one attached hydrogen (secondary N) is 3. The van der Waals surface area contributed by atoms with Crippen LogP contribution in [0.5, 0.6) is 0 Å². The lowest BCUT2D eigenvalue weighted by atomic mass is 10.2. The van der Waals surface area contributed by atoms with Crippen molar-refractivity contribution < 1.29 is 37.1 Å². The molecule has 1 atom stereocenters. The molecule has 2 saturated heterocycles. The molecule has 2 fully saturated rings. The van der Waals surface area contributed by atoms with E-state index in [0.717, 1.165) is 4.90 Å². The third-order valence-corrected chi connectivity index (χ3v) is 5.67. The Kier molecular flexibility index (Phi) is 8.39. The van der Waals surface area contributed by atoms with Gasteiger partial charge in [-0.05, 0) is 18.2 Å². The summed E-state index contributed by atoms with van der Waals surface area (Å²) in [5.41, 5.74) is 1.14. The molecule has 4 rings (SSSR count). The molecule has 2 aromatic rings. The van der Waals surface area contributed by atoms with Gasteiger partial charge in [0.05, 0.1) is 49.9 Å². The van der Waals surface area contributed by atoms with E-state index in [0.29, 0.717) is 25.3 Å². The van der Waals surface area contributed by atoms with Crippen LogP contribution in [0.1, 0.15) is 5.69 Å². The van der Waals surface area contributed by atoms with Crippen LogP contribution in [-0.2, 0) is 25.7 Å². The van der Waals surface area contributed by atoms with Gasteiger partial charge in [0, 0.05) is 25.8 Å². The normalized spacial score (nSPS) is 18.2. The topological polar surface area (TPSA) is 145 Å². The van der Waals surface area contributed by atoms with Crippen molar-refractivity contribution in [1.82, 2.24) is 31.1 Å². The molecule has 1 aromatic heterocycles. The van der Waals surface area contributed by atoms with Gasteiger partial charge in [0.25, 0.3) is 11.8 Å². The maximum atomic E-state index is 15.0. The summed E-state index contributed by atoms with van der Waals surface area (Å²) in [6.45, 7) is 1.04. The summed E-state index contributed by atoms with van der Waals surface area (Å²) in [6, 6.07) is 4.20. The van der Waals surface area contributed by atoms with E-state index < -0.39 is 30.3 Å². The summed E-state index contributed by atoms with van der Waals surface area (Å²) in [7, 11) is 0. The van der Waals surface area contributed by atoms with Crippen LogP contribution in [0, 0.1) is 5.82 Å². The number of aromatic nitrogens is 3. The smallest absolute Gasteiger partial charge is 0.414 e. The quantitative estimate of drug-likeness (QED) is 0.412. The van der Waals surface area contributed by atoms with E-state index in [2.05, 4.69) is 20.7 Å². The third kappa shape index (κ3) is 6.65. The standard InChI is InChI=1S/C21H25F3N8O5/c22-16-7-14(31-12-15(37-21(31)35)10-26-20(34)19(23)24)1-2-17(16)30-3-4-32(36-6-5-30)18(33)11-25-8-13-9-27-29-28-13/h1-2,7,9,15,19,25H,3-6,8,10-12H2,(H,26,34)(H,27,28,29)/t15-/m0/s1. The highest BCUT2D eigenvalue weighted by atomic mass is 19.3. The SMILES string of the molecule is O=C(NC[C@H]1CN(c2ccc(N3CCON(C(=O)CNCc4c[nH]nn4)CC3)c(F)c2)C(=O)O1)C(F)F. The van der Waals surface area contributed by atoms with Crippen LogP contribution in [0.25, 0.3) is 0 Å². The number of H-pyrrole nitrogens is 1. The van der Waals surface area contributed by atoms with Gasteiger partial charge < -0.3 is 20.3 Å². The van der Waals surface area contributed by atoms with Crippen molar-refractivity contribution in [3.8, 4) is 0 Å². The number of halogens is 3. The molecule has 0 radical (unpaired) electrons. The Morgan fingerprint density at radius 1 is 1.24 bits per heavy atom. The fourth-order valence-electron chi connectivity index (χ4n) is 3.83. The van der Waals surface area contributed by atoms with Gasteiger partial charge in [0.1, 0.15) is 11.9 Å². The average molecular weight is 526 g/mol. The first kappa shape index (κ1) is 26.2. The Morgan fingerprint density at radius 3 is 2.81 bits per heavy atom. The predicted octanol–water partition coefficient (Wildman–Crippen LogP) is 0.0203. The molecule has 3 amide bonds. The van der Waals surface area contributed by atoms with E-state index in [-0.39, 0.29) is 50.1 Å². The lowest BCUT2D eigenvalue weighted by molar-refractivity contribution is -0.180. The van der Waals surface area contributed by atoms with Gasteiger partial charge in [-0.3, -0.25) is 24.4 Å². The van der Waals surface area contributed by atoms with E-state index in [1.165, 1.54) is 23.3 Å². The van der Waals surface area contributed by atoms with E-state index in [4.69, 9.17) is 9.57 Å². The number of hydrogen-bond acceptors (Lipinski definition) is 9. The Morgan fingerprint density at radius 2 is 2.08 bits per heavy atom. The third-order valence-electron chi connectivity index (χ3n) is 5.67. The van der Waals surface area contributed by atoms with Crippen LogP contribution in [0.3, 0.4) is 0 Å². The second-order valence-electron chi connectivity index (χ2n) is 8.18. The van der Waals surface area contributed by atoms with E-state index >= 15 is 4.39 Å². The molecule has 3 heterocycles. The van der Waals surface area contributed by atoms with Gasteiger partial charge in [0.2, 0.25) is 0 Å². The molecule has 16 heteroatoms. The molecule has 13 nitrogen and oxygen atoms in total. The second kappa shape index (κ2) is 11.9. The average Bonchev–Trinajstić information content (AvgIpc) is 3.45. The number of aromatic amines is 1. The Balaban J connectivity index is 1.30. The summed E-state index contributed by atoms with van der Waals surface area (Å²) in [6.07, 6.45) is -3.20. The van der Waals surface area contributed by atoms with Gasteiger partial charge in [-0.25, -0.2) is 14.2 Å². The summed E-state index contributed by atoms with van der Waals surface area (Å²) in [5.74, 6) is -2.35. The molecule has 1 aromatic carbocycles. The Hall–Kier alpha value is -3.92. The lowest BCUT2D eigenvalue weighted by Gasteiger charge is -2.24. The number of rotatable bonds is 9. The van der Waals surface area contributed by atoms with Crippen molar-refractivity contribution in [2.24, 2.45) is 0 Å². The van der Waals surface area contributed by atoms with Crippen molar-refractivity contribution in [1.29, 1.82) is 0 Å². The first-order valence-electron chi connectivity index (χ1n) is 11.4. The van der Waals surface area contributed by atoms with Gasteiger partial charge in [-0.2, -0.15) is 8.78 Å². The highest BCUT2D eigenvalue weighted by molar-refractivity contribution is 5.90. The molecule has 2 aliphatic heterocycles. The molecule has 0 spiro atoms. The van der Waals surface area contributed by atoms with Gasteiger partial charge in [-0.1, -0.05) is 5.21 Å². The number of carbonyl (C=O) groups excluding carboxylic acids is 3. The van der Waals surface area contributed by atoms with Crippen LogP contribution in [-0.4, -0.2) is 96.8 Å². The number of carbonyl (C=O) groups is 3. The number of alkyl halides is 2. The zero-order valence-corrected chi connectivity index (χ0v) is 19.5. The zero-order valence-electron chi connectivity index (χ0n) is 19.5. The molecule has 3 N–H and O–H groups in total. The number of hydrogen-bond donors (Lipinski definition) is 3. The molecule has 2 aliphatic rings. The molecule has 0 saturated carbocycles. The van der Waals surface area contributed by atoms with Crippen LogP contribution in [0.15, 0.2) is 24.4 Å². The minimum absolute atomic E-state index is 0.0225. The van der Waals surface area contributed by atoms with Gasteiger partial charge in [0.15, 0.2) is 0 Å². The van der Waals surface area contributed by atoms with Crippen molar-refractivity contribution >= 4 is 29.3 Å². The number of benzene rings is 1. The minimum atomic E-state index is -3.17.